The van der Waals surface area contributed by atoms with Crippen LogP contribution in [0.25, 0.3) is 17.2 Å². The van der Waals surface area contributed by atoms with Crippen LogP contribution in [-0.4, -0.2) is 5.78 Å². The Morgan fingerprint density at radius 2 is 1.65 bits per heavy atom. The molecule has 0 amide bonds. The van der Waals surface area contributed by atoms with Crippen molar-refractivity contribution in [2.45, 2.75) is 12.8 Å². The fourth-order valence-electron chi connectivity index (χ4n) is 3.40. The molecule has 0 aliphatic heterocycles. The second-order valence-electron chi connectivity index (χ2n) is 6.45. The maximum atomic E-state index is 12.5. The molecular weight excluding hydrogens is 316 g/mol. The maximum absolute atomic E-state index is 12.5. The molecule has 0 atom stereocenters. The summed E-state index contributed by atoms with van der Waals surface area (Å²) in [4.78, 5) is 12.5. The molecule has 0 heterocycles. The molecule has 126 valence electrons. The minimum Gasteiger partial charge on any atom is -0.289 e. The average molecular weight is 336 g/mol. The van der Waals surface area contributed by atoms with E-state index < -0.39 is 0 Å². The van der Waals surface area contributed by atoms with Gasteiger partial charge in [-0.1, -0.05) is 85.0 Å². The van der Waals surface area contributed by atoms with Gasteiger partial charge in [0.15, 0.2) is 5.78 Å². The third kappa shape index (κ3) is 3.29. The van der Waals surface area contributed by atoms with Gasteiger partial charge in [0.05, 0.1) is 0 Å². The standard InChI is InChI=1S/C25H20O/c26-25-18-15-21-13-7-8-14-23(21)24(25)17-16-22(19-9-3-1-4-10-19)20-11-5-2-6-12-20/h1,3-5,7-18H,2,6H2/b22-16+,24-17-. The lowest BCUT2D eigenvalue weighted by Crippen LogP contribution is -2.04. The van der Waals surface area contributed by atoms with Crippen molar-refractivity contribution in [2.75, 3.05) is 0 Å². The van der Waals surface area contributed by atoms with Gasteiger partial charge in [-0.05, 0) is 52.8 Å². The number of carbonyl (C=O) groups excluding carboxylic acids is 1. The molecular formula is C25H20O. The molecule has 2 aromatic carbocycles. The Kier molecular flexibility index (Phi) is 4.61. The number of carbonyl (C=O) groups is 1. The molecule has 2 aliphatic carbocycles. The zero-order chi connectivity index (χ0) is 17.8. The Morgan fingerprint density at radius 3 is 2.46 bits per heavy atom. The zero-order valence-electron chi connectivity index (χ0n) is 14.6. The van der Waals surface area contributed by atoms with Crippen molar-refractivity contribution < 1.29 is 4.79 Å². The van der Waals surface area contributed by atoms with Gasteiger partial charge in [0, 0.05) is 5.57 Å². The molecule has 2 aromatic rings. The van der Waals surface area contributed by atoms with Crippen molar-refractivity contribution in [3.8, 4) is 0 Å². The van der Waals surface area contributed by atoms with Crippen LogP contribution in [-0.2, 0) is 4.79 Å². The van der Waals surface area contributed by atoms with E-state index in [1.54, 1.807) is 6.08 Å². The molecule has 0 N–H and O–H groups in total. The number of hydrogen-bond donors (Lipinski definition) is 0. The van der Waals surface area contributed by atoms with Gasteiger partial charge in [-0.2, -0.15) is 0 Å². The Labute approximate surface area is 154 Å². The third-order valence-electron chi connectivity index (χ3n) is 4.74. The number of hydrogen-bond acceptors (Lipinski definition) is 1. The van der Waals surface area contributed by atoms with Gasteiger partial charge in [0.2, 0.25) is 0 Å². The van der Waals surface area contributed by atoms with E-state index >= 15 is 0 Å². The van der Waals surface area contributed by atoms with E-state index in [0.717, 1.165) is 40.7 Å². The molecule has 26 heavy (non-hydrogen) atoms. The molecule has 0 saturated carbocycles. The molecule has 0 unspecified atom stereocenters. The smallest absolute Gasteiger partial charge is 0.186 e. The summed E-state index contributed by atoms with van der Waals surface area (Å²) >= 11 is 0. The monoisotopic (exact) mass is 336 g/mol. The van der Waals surface area contributed by atoms with Crippen molar-refractivity contribution in [1.29, 1.82) is 0 Å². The highest BCUT2D eigenvalue weighted by molar-refractivity contribution is 6.30. The normalized spacial score (nSPS) is 18.0. The Balaban J connectivity index is 1.82. The van der Waals surface area contributed by atoms with Crippen LogP contribution >= 0.6 is 0 Å². The average Bonchev–Trinajstić information content (AvgIpc) is 2.71. The van der Waals surface area contributed by atoms with E-state index in [9.17, 15) is 4.79 Å². The number of fused-ring (bicyclic) bond motifs is 1. The van der Waals surface area contributed by atoms with Crippen LogP contribution in [0, 0.1) is 0 Å². The molecule has 0 radical (unpaired) electrons. The predicted octanol–water partition coefficient (Wildman–Crippen LogP) is 6.03. The van der Waals surface area contributed by atoms with Gasteiger partial charge < -0.3 is 0 Å². The highest BCUT2D eigenvalue weighted by Crippen LogP contribution is 2.30. The van der Waals surface area contributed by atoms with Crippen LogP contribution in [0.2, 0.25) is 0 Å². The molecule has 0 aromatic heterocycles. The van der Waals surface area contributed by atoms with Crippen LogP contribution in [0.4, 0.5) is 0 Å². The lowest BCUT2D eigenvalue weighted by molar-refractivity contribution is -0.109. The van der Waals surface area contributed by atoms with Crippen LogP contribution in [0.1, 0.15) is 29.5 Å². The first kappa shape index (κ1) is 16.3. The van der Waals surface area contributed by atoms with E-state index in [0.29, 0.717) is 0 Å². The Morgan fingerprint density at radius 1 is 0.846 bits per heavy atom. The fourth-order valence-corrected chi connectivity index (χ4v) is 3.40. The maximum Gasteiger partial charge on any atom is 0.186 e. The SMILES string of the molecule is O=C1C=Cc2ccccc2/C1=C/C=C(/C1=CCCC=C1)c1ccccc1. The molecule has 0 bridgehead atoms. The summed E-state index contributed by atoms with van der Waals surface area (Å²) in [6, 6.07) is 18.4. The number of allylic oxidation sites excluding steroid dienone is 9. The van der Waals surface area contributed by atoms with Gasteiger partial charge in [-0.15, -0.1) is 0 Å². The summed E-state index contributed by atoms with van der Waals surface area (Å²) < 4.78 is 0. The Hall–Kier alpha value is -3.19. The van der Waals surface area contributed by atoms with Crippen LogP contribution in [0.5, 0.6) is 0 Å². The van der Waals surface area contributed by atoms with E-state index in [1.807, 2.05) is 54.6 Å². The van der Waals surface area contributed by atoms with Crippen molar-refractivity contribution >= 4 is 23.0 Å². The largest absolute Gasteiger partial charge is 0.289 e. The zero-order valence-corrected chi connectivity index (χ0v) is 14.6. The second-order valence-corrected chi connectivity index (χ2v) is 6.45. The molecule has 0 spiro atoms. The van der Waals surface area contributed by atoms with Crippen molar-refractivity contribution in [1.82, 2.24) is 0 Å². The molecule has 0 saturated heterocycles. The van der Waals surface area contributed by atoms with E-state index in [4.69, 9.17) is 0 Å². The quantitative estimate of drug-likeness (QED) is 0.626. The van der Waals surface area contributed by atoms with Gasteiger partial charge in [-0.25, -0.2) is 0 Å². The third-order valence-corrected chi connectivity index (χ3v) is 4.74. The first-order valence-electron chi connectivity index (χ1n) is 8.99. The molecule has 1 nitrogen and oxygen atoms in total. The van der Waals surface area contributed by atoms with Crippen molar-refractivity contribution in [2.24, 2.45) is 0 Å². The lowest BCUT2D eigenvalue weighted by Gasteiger charge is -2.14. The number of benzene rings is 2. The van der Waals surface area contributed by atoms with Crippen LogP contribution < -0.4 is 0 Å². The van der Waals surface area contributed by atoms with Gasteiger partial charge >= 0.3 is 0 Å². The first-order chi connectivity index (χ1) is 12.8. The van der Waals surface area contributed by atoms with Gasteiger partial charge in [-0.3, -0.25) is 4.79 Å². The minimum absolute atomic E-state index is 0.0560. The van der Waals surface area contributed by atoms with Gasteiger partial charge in [0.25, 0.3) is 0 Å². The van der Waals surface area contributed by atoms with E-state index in [2.05, 4.69) is 36.4 Å². The summed E-state index contributed by atoms with van der Waals surface area (Å²) in [5.41, 5.74) is 6.35. The summed E-state index contributed by atoms with van der Waals surface area (Å²) in [6.07, 6.45) is 16.4. The van der Waals surface area contributed by atoms with Crippen molar-refractivity contribution in [3.63, 3.8) is 0 Å². The highest BCUT2D eigenvalue weighted by atomic mass is 16.1. The number of ketones is 1. The summed E-state index contributed by atoms with van der Waals surface area (Å²) in [6.45, 7) is 0. The van der Waals surface area contributed by atoms with Gasteiger partial charge in [0.1, 0.15) is 0 Å². The molecule has 4 rings (SSSR count). The minimum atomic E-state index is 0.0560. The summed E-state index contributed by atoms with van der Waals surface area (Å²) in [5.74, 6) is 0.0560. The predicted molar refractivity (Wildman–Crippen MR) is 109 cm³/mol. The van der Waals surface area contributed by atoms with Crippen LogP contribution in [0.3, 0.4) is 0 Å². The lowest BCUT2D eigenvalue weighted by atomic mass is 9.89. The number of rotatable bonds is 3. The van der Waals surface area contributed by atoms with E-state index in [-0.39, 0.29) is 5.78 Å². The van der Waals surface area contributed by atoms with Crippen LogP contribution in [0.15, 0.2) is 96.6 Å². The summed E-state index contributed by atoms with van der Waals surface area (Å²) in [7, 11) is 0. The summed E-state index contributed by atoms with van der Waals surface area (Å²) in [5, 5.41) is 0. The molecule has 2 aliphatic rings. The topological polar surface area (TPSA) is 17.1 Å². The Bertz CT molecular complexity index is 982. The molecule has 1 heteroatoms. The second kappa shape index (κ2) is 7.37. The first-order valence-corrected chi connectivity index (χ1v) is 8.99. The fraction of sp³-hybridized carbons (Fsp3) is 0.0800. The highest BCUT2D eigenvalue weighted by Gasteiger charge is 2.16. The van der Waals surface area contributed by atoms with Crippen molar-refractivity contribution in [3.05, 3.63) is 113 Å². The van der Waals surface area contributed by atoms with E-state index in [1.165, 1.54) is 5.57 Å². The molecule has 0 fully saturated rings.